The van der Waals surface area contributed by atoms with Gasteiger partial charge in [0.05, 0.1) is 5.69 Å². The number of anilines is 3. The average molecular weight is 664 g/mol. The third-order valence-corrected chi connectivity index (χ3v) is 10.3. The van der Waals surface area contributed by atoms with E-state index >= 15 is 0 Å². The molecule has 52 heavy (non-hydrogen) atoms. The van der Waals surface area contributed by atoms with Crippen molar-refractivity contribution in [3.05, 3.63) is 200 Å². The van der Waals surface area contributed by atoms with Crippen LogP contribution in [0.3, 0.4) is 0 Å². The van der Waals surface area contributed by atoms with E-state index in [0.29, 0.717) is 0 Å². The number of hydrogen-bond acceptors (Lipinski definition) is 2. The molecule has 1 aromatic heterocycles. The molecule has 0 atom stereocenters. The molecule has 244 valence electrons. The minimum absolute atomic E-state index is 0.864. The van der Waals surface area contributed by atoms with Gasteiger partial charge < -0.3 is 9.32 Å². The summed E-state index contributed by atoms with van der Waals surface area (Å²) in [5.74, 6) is 0. The Morgan fingerprint density at radius 1 is 0.308 bits per heavy atom. The Morgan fingerprint density at radius 2 is 0.923 bits per heavy atom. The number of hydrogen-bond donors (Lipinski definition) is 0. The zero-order valence-corrected chi connectivity index (χ0v) is 28.4. The molecule has 0 aliphatic rings. The van der Waals surface area contributed by atoms with Gasteiger partial charge in [-0.25, -0.2) is 0 Å². The predicted octanol–water partition coefficient (Wildman–Crippen LogP) is 14.4. The molecule has 0 N–H and O–H groups in total. The third kappa shape index (κ3) is 5.21. The van der Waals surface area contributed by atoms with E-state index in [9.17, 15) is 0 Å². The van der Waals surface area contributed by atoms with Gasteiger partial charge in [-0.3, -0.25) is 0 Å². The lowest BCUT2D eigenvalue weighted by Crippen LogP contribution is -2.11. The van der Waals surface area contributed by atoms with Crippen LogP contribution in [0, 0.1) is 0 Å². The summed E-state index contributed by atoms with van der Waals surface area (Å²) in [6, 6.07) is 71.8. The van der Waals surface area contributed by atoms with Crippen molar-refractivity contribution in [3.8, 4) is 33.4 Å². The van der Waals surface area contributed by atoms with Crippen molar-refractivity contribution in [3.63, 3.8) is 0 Å². The largest absolute Gasteiger partial charge is 0.456 e. The molecule has 9 aromatic carbocycles. The molecule has 0 saturated heterocycles. The van der Waals surface area contributed by atoms with Crippen LogP contribution < -0.4 is 4.90 Å². The van der Waals surface area contributed by atoms with E-state index in [1.54, 1.807) is 0 Å². The number of nitrogens with zero attached hydrogens (tertiary/aromatic N) is 1. The zero-order valence-electron chi connectivity index (χ0n) is 28.4. The topological polar surface area (TPSA) is 16.4 Å². The summed E-state index contributed by atoms with van der Waals surface area (Å²) in [6.07, 6.45) is 0. The molecule has 0 aliphatic heterocycles. The predicted molar refractivity (Wildman–Crippen MR) is 220 cm³/mol. The van der Waals surface area contributed by atoms with E-state index in [1.807, 2.05) is 12.1 Å². The summed E-state index contributed by atoms with van der Waals surface area (Å²) in [6.45, 7) is 0. The smallest absolute Gasteiger partial charge is 0.137 e. The van der Waals surface area contributed by atoms with Crippen LogP contribution in [0.5, 0.6) is 0 Å². The van der Waals surface area contributed by atoms with Gasteiger partial charge in [0.1, 0.15) is 11.2 Å². The molecule has 10 rings (SSSR count). The molecule has 0 unspecified atom stereocenters. The fraction of sp³-hybridized carbons (Fsp3) is 0. The van der Waals surface area contributed by atoms with Gasteiger partial charge >= 0.3 is 0 Å². The van der Waals surface area contributed by atoms with Gasteiger partial charge in [-0.05, 0) is 91.8 Å². The van der Waals surface area contributed by atoms with Gasteiger partial charge in [0, 0.05) is 33.8 Å². The fourth-order valence-corrected chi connectivity index (χ4v) is 7.68. The summed E-state index contributed by atoms with van der Waals surface area (Å²) >= 11 is 0. The van der Waals surface area contributed by atoms with Crippen molar-refractivity contribution in [1.29, 1.82) is 0 Å². The van der Waals surface area contributed by atoms with E-state index in [0.717, 1.165) is 55.7 Å². The molecule has 2 heteroatoms. The number of fused-ring (bicyclic) bond motifs is 5. The molecule has 2 nitrogen and oxygen atoms in total. The molecule has 1 heterocycles. The minimum atomic E-state index is 0.864. The molecule has 0 radical (unpaired) electrons. The molecule has 0 fully saturated rings. The molecule has 0 bridgehead atoms. The summed E-state index contributed by atoms with van der Waals surface area (Å²) in [5.41, 5.74) is 12.0. The lowest BCUT2D eigenvalue weighted by atomic mass is 9.95. The Labute approximate surface area is 302 Å². The van der Waals surface area contributed by atoms with Crippen LogP contribution in [0.15, 0.2) is 205 Å². The summed E-state index contributed by atoms with van der Waals surface area (Å²) in [5, 5.41) is 7.18. The summed E-state index contributed by atoms with van der Waals surface area (Å²) < 4.78 is 6.45. The van der Waals surface area contributed by atoms with Gasteiger partial charge in [0.15, 0.2) is 0 Å². The average Bonchev–Trinajstić information content (AvgIpc) is 3.59. The van der Waals surface area contributed by atoms with Crippen molar-refractivity contribution in [2.24, 2.45) is 0 Å². The first-order chi connectivity index (χ1) is 25.8. The van der Waals surface area contributed by atoms with Gasteiger partial charge in [0.25, 0.3) is 0 Å². The number of furan rings is 1. The van der Waals surface area contributed by atoms with Gasteiger partial charge in [-0.1, -0.05) is 152 Å². The number of benzene rings is 9. The first kappa shape index (κ1) is 30.0. The minimum Gasteiger partial charge on any atom is -0.456 e. The van der Waals surface area contributed by atoms with Crippen molar-refractivity contribution in [2.45, 2.75) is 0 Å². The highest BCUT2D eigenvalue weighted by molar-refractivity contribution is 6.06. The van der Waals surface area contributed by atoms with Crippen molar-refractivity contribution in [2.75, 3.05) is 4.90 Å². The molecule has 0 saturated carbocycles. The van der Waals surface area contributed by atoms with Crippen molar-refractivity contribution < 1.29 is 4.42 Å². The second-order valence-corrected chi connectivity index (χ2v) is 13.3. The SMILES string of the molecule is c1ccc(-c2ccc(-c3ccc4ccccc4c3)cc2N(c2ccc(-c3cccc4ccccc34)cc2)c2ccc3c(c2)oc2ccccc23)cc1. The fourth-order valence-electron chi connectivity index (χ4n) is 7.68. The molecular weight excluding hydrogens is 631 g/mol. The van der Waals surface area contributed by atoms with Crippen LogP contribution in [0.1, 0.15) is 0 Å². The molecule has 0 spiro atoms. The third-order valence-electron chi connectivity index (χ3n) is 10.3. The Bertz CT molecular complexity index is 2900. The summed E-state index contributed by atoms with van der Waals surface area (Å²) in [7, 11) is 0. The van der Waals surface area contributed by atoms with Crippen molar-refractivity contribution >= 4 is 60.5 Å². The lowest BCUT2D eigenvalue weighted by molar-refractivity contribution is 0.669. The second-order valence-electron chi connectivity index (χ2n) is 13.3. The van der Waals surface area contributed by atoms with Crippen LogP contribution in [0.4, 0.5) is 17.1 Å². The number of para-hydroxylation sites is 1. The summed E-state index contributed by atoms with van der Waals surface area (Å²) in [4.78, 5) is 2.38. The van der Waals surface area contributed by atoms with E-state index in [1.165, 1.54) is 38.2 Å². The Kier molecular flexibility index (Phi) is 7.18. The molecule has 0 aliphatic carbocycles. The molecule has 10 aromatic rings. The maximum absolute atomic E-state index is 6.45. The maximum atomic E-state index is 6.45. The maximum Gasteiger partial charge on any atom is 0.137 e. The number of rotatable bonds is 6. The van der Waals surface area contributed by atoms with E-state index in [4.69, 9.17) is 4.42 Å². The second kappa shape index (κ2) is 12.5. The Morgan fingerprint density at radius 3 is 1.79 bits per heavy atom. The lowest BCUT2D eigenvalue weighted by Gasteiger charge is -2.29. The highest BCUT2D eigenvalue weighted by Crippen LogP contribution is 2.45. The molecule has 0 amide bonds. The van der Waals surface area contributed by atoms with E-state index in [2.05, 4.69) is 193 Å². The standard InChI is InChI=1S/C50H33NO/c1-2-12-36(13-3-1)45-29-25-40(39-22-21-34-11-4-5-15-38(34)31-39)32-48(45)51(42-28-30-47-46-18-8-9-20-49(46)52-50(47)33-42)41-26-23-37(24-27-41)44-19-10-16-35-14-6-7-17-43(35)44/h1-33H. The quantitative estimate of drug-likeness (QED) is 0.176. The highest BCUT2D eigenvalue weighted by Gasteiger charge is 2.20. The Hall–Kier alpha value is -6.90. The van der Waals surface area contributed by atoms with Gasteiger partial charge in [0.2, 0.25) is 0 Å². The Balaban J connectivity index is 1.19. The van der Waals surface area contributed by atoms with Crippen LogP contribution in [0.25, 0.3) is 76.9 Å². The normalized spacial score (nSPS) is 11.5. The first-order valence-corrected chi connectivity index (χ1v) is 17.8. The van der Waals surface area contributed by atoms with Crippen molar-refractivity contribution in [1.82, 2.24) is 0 Å². The van der Waals surface area contributed by atoms with E-state index < -0.39 is 0 Å². The van der Waals surface area contributed by atoms with Crippen LogP contribution in [-0.2, 0) is 0 Å². The molecular formula is C50H33NO. The van der Waals surface area contributed by atoms with E-state index in [-0.39, 0.29) is 0 Å². The highest BCUT2D eigenvalue weighted by atomic mass is 16.3. The zero-order chi connectivity index (χ0) is 34.4. The monoisotopic (exact) mass is 663 g/mol. The van der Waals surface area contributed by atoms with Gasteiger partial charge in [-0.15, -0.1) is 0 Å². The first-order valence-electron chi connectivity index (χ1n) is 17.8. The van der Waals surface area contributed by atoms with Crippen LogP contribution in [-0.4, -0.2) is 0 Å². The van der Waals surface area contributed by atoms with Crippen LogP contribution >= 0.6 is 0 Å². The van der Waals surface area contributed by atoms with Gasteiger partial charge in [-0.2, -0.15) is 0 Å². The van der Waals surface area contributed by atoms with Crippen LogP contribution in [0.2, 0.25) is 0 Å².